The smallest absolute Gasteiger partial charge is 0.334 e. The standard InChI is InChI=1S/C14H14O4/c1-9(14(16)17)8-18-11-5-6-12-10(7-11)3-2-4-13(12)15/h5-7H,1-4,8H2,(H,16,17). The molecule has 1 aliphatic carbocycles. The molecule has 0 spiro atoms. The van der Waals surface area contributed by atoms with Crippen molar-refractivity contribution in [2.45, 2.75) is 19.3 Å². The van der Waals surface area contributed by atoms with Crippen molar-refractivity contribution >= 4 is 11.8 Å². The number of rotatable bonds is 4. The number of aryl methyl sites for hydroxylation is 1. The maximum atomic E-state index is 11.6. The Hall–Kier alpha value is -2.10. The first kappa shape index (κ1) is 12.4. The van der Waals surface area contributed by atoms with Crippen molar-refractivity contribution in [1.82, 2.24) is 0 Å². The van der Waals surface area contributed by atoms with Gasteiger partial charge in [-0.15, -0.1) is 0 Å². The Morgan fingerprint density at radius 3 is 2.89 bits per heavy atom. The van der Waals surface area contributed by atoms with Gasteiger partial charge in [0.25, 0.3) is 0 Å². The highest BCUT2D eigenvalue weighted by Crippen LogP contribution is 2.25. The summed E-state index contributed by atoms with van der Waals surface area (Å²) in [6, 6.07) is 5.24. The van der Waals surface area contributed by atoms with Crippen molar-refractivity contribution in [2.24, 2.45) is 0 Å². The van der Waals surface area contributed by atoms with E-state index in [0.717, 1.165) is 24.0 Å². The van der Waals surface area contributed by atoms with Gasteiger partial charge in [-0.25, -0.2) is 4.79 Å². The Morgan fingerprint density at radius 2 is 2.17 bits per heavy atom. The van der Waals surface area contributed by atoms with Gasteiger partial charge in [0, 0.05) is 12.0 Å². The lowest BCUT2D eigenvalue weighted by Gasteiger charge is -2.15. The van der Waals surface area contributed by atoms with E-state index in [1.54, 1.807) is 12.1 Å². The van der Waals surface area contributed by atoms with E-state index in [-0.39, 0.29) is 18.0 Å². The van der Waals surface area contributed by atoms with E-state index in [2.05, 4.69) is 6.58 Å². The van der Waals surface area contributed by atoms with Crippen LogP contribution in [0.2, 0.25) is 0 Å². The highest BCUT2D eigenvalue weighted by atomic mass is 16.5. The molecule has 0 fully saturated rings. The summed E-state index contributed by atoms with van der Waals surface area (Å²) in [7, 11) is 0. The normalized spacial score (nSPS) is 13.9. The van der Waals surface area contributed by atoms with Crippen molar-refractivity contribution in [1.29, 1.82) is 0 Å². The minimum atomic E-state index is -1.07. The predicted octanol–water partition coefficient (Wildman–Crippen LogP) is 2.23. The second kappa shape index (κ2) is 5.04. The maximum Gasteiger partial charge on any atom is 0.334 e. The average molecular weight is 246 g/mol. The number of ether oxygens (including phenoxy) is 1. The van der Waals surface area contributed by atoms with Crippen molar-refractivity contribution in [3.05, 3.63) is 41.5 Å². The Kier molecular flexibility index (Phi) is 3.46. The zero-order valence-corrected chi connectivity index (χ0v) is 9.94. The molecule has 0 heterocycles. The third-order valence-corrected chi connectivity index (χ3v) is 2.94. The molecule has 94 valence electrons. The van der Waals surface area contributed by atoms with Crippen LogP contribution in [0.5, 0.6) is 5.75 Å². The summed E-state index contributed by atoms with van der Waals surface area (Å²) in [6.07, 6.45) is 2.32. The van der Waals surface area contributed by atoms with E-state index in [4.69, 9.17) is 9.84 Å². The third kappa shape index (κ3) is 2.59. The monoisotopic (exact) mass is 246 g/mol. The lowest BCUT2D eigenvalue weighted by atomic mass is 9.90. The first-order valence-corrected chi connectivity index (χ1v) is 5.78. The molecule has 0 aliphatic heterocycles. The van der Waals surface area contributed by atoms with Crippen LogP contribution in [0.15, 0.2) is 30.4 Å². The van der Waals surface area contributed by atoms with Gasteiger partial charge < -0.3 is 9.84 Å². The number of fused-ring (bicyclic) bond motifs is 1. The van der Waals surface area contributed by atoms with Gasteiger partial charge in [0.05, 0.1) is 5.57 Å². The van der Waals surface area contributed by atoms with Crippen LogP contribution >= 0.6 is 0 Å². The summed E-state index contributed by atoms with van der Waals surface area (Å²) >= 11 is 0. The molecule has 4 heteroatoms. The lowest BCUT2D eigenvalue weighted by molar-refractivity contribution is -0.133. The number of benzene rings is 1. The molecule has 0 atom stereocenters. The van der Waals surface area contributed by atoms with Gasteiger partial charge in [-0.1, -0.05) is 6.58 Å². The van der Waals surface area contributed by atoms with E-state index in [9.17, 15) is 9.59 Å². The van der Waals surface area contributed by atoms with Gasteiger partial charge in [-0.3, -0.25) is 4.79 Å². The van der Waals surface area contributed by atoms with E-state index in [1.807, 2.05) is 6.07 Å². The van der Waals surface area contributed by atoms with Crippen molar-refractivity contribution < 1.29 is 19.4 Å². The number of ketones is 1. The summed E-state index contributed by atoms with van der Waals surface area (Å²) in [5, 5.41) is 8.66. The van der Waals surface area contributed by atoms with E-state index >= 15 is 0 Å². The van der Waals surface area contributed by atoms with Crippen LogP contribution in [0.4, 0.5) is 0 Å². The summed E-state index contributed by atoms with van der Waals surface area (Å²) < 4.78 is 5.34. The van der Waals surface area contributed by atoms with Crippen LogP contribution in [-0.2, 0) is 11.2 Å². The van der Waals surface area contributed by atoms with Crippen LogP contribution in [0.3, 0.4) is 0 Å². The van der Waals surface area contributed by atoms with E-state index < -0.39 is 5.97 Å². The number of hydrogen-bond acceptors (Lipinski definition) is 3. The Morgan fingerprint density at radius 1 is 1.39 bits per heavy atom. The number of aliphatic carboxylic acids is 1. The van der Waals surface area contributed by atoms with Crippen LogP contribution in [-0.4, -0.2) is 23.5 Å². The quantitative estimate of drug-likeness (QED) is 0.827. The molecule has 0 aromatic heterocycles. The van der Waals surface area contributed by atoms with E-state index in [0.29, 0.717) is 12.2 Å². The fraction of sp³-hybridized carbons (Fsp3) is 0.286. The summed E-state index contributed by atoms with van der Waals surface area (Å²) in [6.45, 7) is 3.34. The topological polar surface area (TPSA) is 63.6 Å². The van der Waals surface area contributed by atoms with Crippen molar-refractivity contribution in [3.8, 4) is 5.75 Å². The van der Waals surface area contributed by atoms with Gasteiger partial charge >= 0.3 is 5.97 Å². The molecule has 1 aliphatic rings. The molecule has 1 aromatic carbocycles. The molecule has 0 radical (unpaired) electrons. The molecule has 0 amide bonds. The molecule has 4 nitrogen and oxygen atoms in total. The maximum absolute atomic E-state index is 11.6. The second-order valence-corrected chi connectivity index (χ2v) is 4.29. The summed E-state index contributed by atoms with van der Waals surface area (Å²) in [5.74, 6) is -0.327. The van der Waals surface area contributed by atoms with Gasteiger partial charge in [0.15, 0.2) is 5.78 Å². The number of carbonyl (C=O) groups excluding carboxylic acids is 1. The molecule has 0 unspecified atom stereocenters. The van der Waals surface area contributed by atoms with Crippen molar-refractivity contribution in [2.75, 3.05) is 6.61 Å². The van der Waals surface area contributed by atoms with Gasteiger partial charge in [-0.05, 0) is 36.6 Å². The molecule has 0 bridgehead atoms. The van der Waals surface area contributed by atoms with Gasteiger partial charge in [0.2, 0.25) is 0 Å². The Bertz CT molecular complexity index is 517. The summed E-state index contributed by atoms with van der Waals surface area (Å²) in [4.78, 5) is 22.2. The molecule has 0 saturated heterocycles. The highest BCUT2D eigenvalue weighted by molar-refractivity contribution is 5.98. The second-order valence-electron chi connectivity index (χ2n) is 4.29. The fourth-order valence-electron chi connectivity index (χ4n) is 1.94. The molecular formula is C14H14O4. The average Bonchev–Trinajstić information content (AvgIpc) is 2.36. The number of carboxylic acids is 1. The van der Waals surface area contributed by atoms with Crippen LogP contribution in [0.25, 0.3) is 0 Å². The fourth-order valence-corrected chi connectivity index (χ4v) is 1.94. The predicted molar refractivity (Wildman–Crippen MR) is 66.0 cm³/mol. The lowest BCUT2D eigenvalue weighted by Crippen LogP contribution is -2.12. The molecular weight excluding hydrogens is 232 g/mol. The van der Waals surface area contributed by atoms with Gasteiger partial charge in [-0.2, -0.15) is 0 Å². The minimum absolute atomic E-state index is 0.00352. The molecule has 1 N–H and O–H groups in total. The Labute approximate surface area is 105 Å². The number of hydrogen-bond donors (Lipinski definition) is 1. The zero-order valence-electron chi connectivity index (χ0n) is 9.94. The molecule has 2 rings (SSSR count). The van der Waals surface area contributed by atoms with Gasteiger partial charge in [0.1, 0.15) is 12.4 Å². The first-order chi connectivity index (χ1) is 8.58. The zero-order chi connectivity index (χ0) is 13.1. The first-order valence-electron chi connectivity index (χ1n) is 5.78. The van der Waals surface area contributed by atoms with Crippen LogP contribution in [0.1, 0.15) is 28.8 Å². The van der Waals surface area contributed by atoms with Crippen LogP contribution < -0.4 is 4.74 Å². The third-order valence-electron chi connectivity index (χ3n) is 2.94. The number of carboxylic acid groups (broad SMARTS) is 1. The molecule has 1 aromatic rings. The minimum Gasteiger partial charge on any atom is -0.489 e. The van der Waals surface area contributed by atoms with Crippen LogP contribution in [0, 0.1) is 0 Å². The van der Waals surface area contributed by atoms with Crippen molar-refractivity contribution in [3.63, 3.8) is 0 Å². The molecule has 18 heavy (non-hydrogen) atoms. The highest BCUT2D eigenvalue weighted by Gasteiger charge is 2.17. The molecule has 0 saturated carbocycles. The Balaban J connectivity index is 2.09. The largest absolute Gasteiger partial charge is 0.489 e. The number of carbonyl (C=O) groups is 2. The summed E-state index contributed by atoms with van der Waals surface area (Å²) in [5.41, 5.74) is 1.74. The SMILES string of the molecule is C=C(COc1ccc2c(c1)CCCC2=O)C(=O)O. The van der Waals surface area contributed by atoms with E-state index in [1.165, 1.54) is 0 Å². The number of Topliss-reactive ketones (excluding diaryl/α,β-unsaturated/α-hetero) is 1.